The maximum atomic E-state index is 14.0. The summed E-state index contributed by atoms with van der Waals surface area (Å²) in [5.41, 5.74) is -6.70. The fourth-order valence-electron chi connectivity index (χ4n) is 10.1. The highest BCUT2D eigenvalue weighted by Gasteiger charge is 2.90. The lowest BCUT2D eigenvalue weighted by Crippen LogP contribution is -2.66. The number of carbonyl (C=O) groups is 4. The van der Waals surface area contributed by atoms with Gasteiger partial charge in [0.05, 0.1) is 31.2 Å². The van der Waals surface area contributed by atoms with Crippen LogP contribution in [0.1, 0.15) is 58.6 Å². The van der Waals surface area contributed by atoms with Crippen LogP contribution in [-0.4, -0.2) is 69.5 Å². The first kappa shape index (κ1) is 27.2. The summed E-state index contributed by atoms with van der Waals surface area (Å²) >= 11 is 0. The number of hydrogen-bond acceptors (Lipinski definition) is 11. The molecule has 2 heterocycles. The standard InChI is InChI=1S/C29H34O11/c1-13(30)40-28-12-26(3)20(19(33)24(35)37-5)27(28,4)15-6-8-25(2)16(29(15,36)21(28)18(32)22(26)34)10-17(31)39-23(25)14-7-9-38-11-14/h7,9-11,15,18-21,23,32-33,36H,6,8,12H2,1-5H3/t15-,18-,19-,20+,21+,23+,25-,26+,27-,28+,29+/m1/s1. The van der Waals surface area contributed by atoms with Crippen molar-refractivity contribution in [3.63, 3.8) is 0 Å². The number of ketones is 1. The minimum Gasteiger partial charge on any atom is -0.472 e. The van der Waals surface area contributed by atoms with Crippen molar-refractivity contribution in [3.05, 3.63) is 35.8 Å². The molecular formula is C29H34O11. The van der Waals surface area contributed by atoms with E-state index in [1.807, 2.05) is 6.92 Å². The third-order valence-corrected chi connectivity index (χ3v) is 11.3. The maximum absolute atomic E-state index is 14.0. The Balaban J connectivity index is 1.64. The van der Waals surface area contributed by atoms with Crippen LogP contribution in [0.4, 0.5) is 0 Å². The highest BCUT2D eigenvalue weighted by Crippen LogP contribution is 2.82. The highest BCUT2D eigenvalue weighted by atomic mass is 16.6. The first-order valence-corrected chi connectivity index (χ1v) is 13.5. The average molecular weight is 559 g/mol. The first-order valence-electron chi connectivity index (χ1n) is 13.5. The maximum Gasteiger partial charge on any atom is 0.335 e. The van der Waals surface area contributed by atoms with E-state index in [1.165, 1.54) is 25.5 Å². The fourth-order valence-corrected chi connectivity index (χ4v) is 10.1. The first-order chi connectivity index (χ1) is 18.6. The molecule has 4 saturated carbocycles. The van der Waals surface area contributed by atoms with Gasteiger partial charge < -0.3 is 33.9 Å². The Morgan fingerprint density at radius 3 is 2.48 bits per heavy atom. The van der Waals surface area contributed by atoms with Gasteiger partial charge in [0, 0.05) is 53.1 Å². The second-order valence-corrected chi connectivity index (χ2v) is 12.9. The molecule has 40 heavy (non-hydrogen) atoms. The number of esters is 3. The Morgan fingerprint density at radius 2 is 1.88 bits per heavy atom. The number of carbonyl (C=O) groups excluding carboxylic acids is 4. The van der Waals surface area contributed by atoms with E-state index in [9.17, 15) is 34.5 Å². The number of Topliss-reactive ketones (excluding diaryl/α,β-unsaturated/α-hetero) is 1. The third-order valence-electron chi connectivity index (χ3n) is 11.3. The van der Waals surface area contributed by atoms with Crippen molar-refractivity contribution in [2.75, 3.05) is 7.11 Å². The lowest BCUT2D eigenvalue weighted by atomic mass is 9.49. The zero-order valence-electron chi connectivity index (χ0n) is 23.0. The molecule has 3 N–H and O–H groups in total. The molecule has 0 saturated heterocycles. The van der Waals surface area contributed by atoms with Gasteiger partial charge in [-0.15, -0.1) is 0 Å². The molecular weight excluding hydrogens is 524 g/mol. The van der Waals surface area contributed by atoms with Crippen molar-refractivity contribution in [2.24, 2.45) is 34.0 Å². The van der Waals surface area contributed by atoms with E-state index in [0.29, 0.717) is 12.0 Å². The molecule has 4 fully saturated rings. The van der Waals surface area contributed by atoms with E-state index in [2.05, 4.69) is 0 Å². The number of rotatable bonds is 4. The minimum absolute atomic E-state index is 0.131. The summed E-state index contributed by atoms with van der Waals surface area (Å²) in [5, 5.41) is 36.1. The van der Waals surface area contributed by atoms with E-state index in [4.69, 9.17) is 18.6 Å². The van der Waals surface area contributed by atoms with Crippen LogP contribution in [0.25, 0.3) is 0 Å². The number of aliphatic hydroxyl groups is 3. The quantitative estimate of drug-likeness (QED) is 0.360. The second kappa shape index (κ2) is 8.04. The molecule has 4 aliphatic carbocycles. The summed E-state index contributed by atoms with van der Waals surface area (Å²) in [6.45, 7) is 6.30. The lowest BCUT2D eigenvalue weighted by molar-refractivity contribution is -0.200. The van der Waals surface area contributed by atoms with Gasteiger partial charge in [0.25, 0.3) is 0 Å². The minimum atomic E-state index is -2.04. The lowest BCUT2D eigenvalue weighted by Gasteiger charge is -2.58. The van der Waals surface area contributed by atoms with E-state index in [-0.39, 0.29) is 18.4 Å². The van der Waals surface area contributed by atoms with E-state index in [0.717, 1.165) is 7.11 Å². The van der Waals surface area contributed by atoms with Gasteiger partial charge >= 0.3 is 17.9 Å². The Hall–Kier alpha value is -3.02. The molecule has 1 aromatic rings. The van der Waals surface area contributed by atoms with Crippen LogP contribution in [-0.2, 0) is 33.4 Å². The zero-order valence-corrected chi connectivity index (χ0v) is 23.0. The summed E-state index contributed by atoms with van der Waals surface area (Å²) in [5.74, 6) is -6.46. The van der Waals surface area contributed by atoms with Crippen LogP contribution >= 0.6 is 0 Å². The molecule has 5 aliphatic rings. The molecule has 0 radical (unpaired) electrons. The number of ether oxygens (including phenoxy) is 3. The largest absolute Gasteiger partial charge is 0.472 e. The van der Waals surface area contributed by atoms with Crippen molar-refractivity contribution in [1.29, 1.82) is 0 Å². The summed E-state index contributed by atoms with van der Waals surface area (Å²) in [4.78, 5) is 52.5. The molecule has 1 aromatic heterocycles. The third kappa shape index (κ3) is 2.81. The van der Waals surface area contributed by atoms with Gasteiger partial charge in [0.2, 0.25) is 0 Å². The number of fused-ring (bicyclic) bond motifs is 6. The van der Waals surface area contributed by atoms with Gasteiger partial charge in [-0.3, -0.25) is 9.59 Å². The normalized spacial score (nSPS) is 47.5. The van der Waals surface area contributed by atoms with Crippen molar-refractivity contribution < 1.29 is 53.1 Å². The molecule has 0 amide bonds. The fraction of sp³-hybridized carbons (Fsp3) is 0.655. The average Bonchev–Trinajstić information content (AvgIpc) is 3.50. The van der Waals surface area contributed by atoms with Crippen LogP contribution in [0.5, 0.6) is 0 Å². The van der Waals surface area contributed by atoms with Crippen LogP contribution < -0.4 is 0 Å². The SMILES string of the molecule is COC(=O)[C@H](O)[C@@H]1[C@@]2(C)[C@H]3CC[C@]4(C)C(=CC(=O)O[C@H]4c4ccoc4)[C@]3(O)[C@H]3[C@@H](O)C(=O)[C@@]1(C)C[C@]32OC(C)=O. The molecule has 11 nitrogen and oxygen atoms in total. The van der Waals surface area contributed by atoms with E-state index < -0.39 is 87.2 Å². The topological polar surface area (TPSA) is 170 Å². The molecule has 1 aliphatic heterocycles. The van der Waals surface area contributed by atoms with Gasteiger partial charge in [0.1, 0.15) is 17.8 Å². The number of cyclic esters (lactones) is 1. The van der Waals surface area contributed by atoms with Gasteiger partial charge in [-0.2, -0.15) is 0 Å². The predicted octanol–water partition coefficient (Wildman–Crippen LogP) is 1.39. The number of aliphatic hydroxyl groups excluding tert-OH is 2. The van der Waals surface area contributed by atoms with Crippen LogP contribution in [0.2, 0.25) is 0 Å². The van der Waals surface area contributed by atoms with Gasteiger partial charge in [-0.05, 0) is 24.5 Å². The van der Waals surface area contributed by atoms with Crippen molar-refractivity contribution in [1.82, 2.24) is 0 Å². The van der Waals surface area contributed by atoms with Crippen molar-refractivity contribution in [2.45, 2.75) is 76.5 Å². The molecule has 216 valence electrons. The van der Waals surface area contributed by atoms with Crippen LogP contribution in [0, 0.1) is 34.0 Å². The number of furan rings is 1. The zero-order chi connectivity index (χ0) is 29.2. The molecule has 2 bridgehead atoms. The van der Waals surface area contributed by atoms with Crippen molar-refractivity contribution in [3.8, 4) is 0 Å². The van der Waals surface area contributed by atoms with Crippen LogP contribution in [0.15, 0.2) is 34.7 Å². The summed E-state index contributed by atoms with van der Waals surface area (Å²) in [6.07, 6.45) is 0.204. The molecule has 0 unspecified atom stereocenters. The van der Waals surface area contributed by atoms with E-state index >= 15 is 0 Å². The summed E-state index contributed by atoms with van der Waals surface area (Å²) in [6, 6.07) is 1.67. The summed E-state index contributed by atoms with van der Waals surface area (Å²) in [7, 11) is 1.12. The van der Waals surface area contributed by atoms with Gasteiger partial charge in [-0.1, -0.05) is 20.8 Å². The van der Waals surface area contributed by atoms with Gasteiger partial charge in [-0.25, -0.2) is 9.59 Å². The molecule has 11 heteroatoms. The Kier molecular flexibility index (Phi) is 5.46. The summed E-state index contributed by atoms with van der Waals surface area (Å²) < 4.78 is 22.0. The highest BCUT2D eigenvalue weighted by molar-refractivity contribution is 5.94. The second-order valence-electron chi connectivity index (χ2n) is 12.9. The van der Waals surface area contributed by atoms with Gasteiger partial charge in [0.15, 0.2) is 11.9 Å². The number of methoxy groups -OCH3 is 1. The number of hydrogen-bond donors (Lipinski definition) is 3. The van der Waals surface area contributed by atoms with E-state index in [1.54, 1.807) is 19.9 Å². The smallest absolute Gasteiger partial charge is 0.335 e. The molecule has 6 rings (SSSR count). The van der Waals surface area contributed by atoms with Crippen LogP contribution in [0.3, 0.4) is 0 Å². The predicted molar refractivity (Wildman–Crippen MR) is 133 cm³/mol. The Morgan fingerprint density at radius 1 is 1.18 bits per heavy atom. The molecule has 0 spiro atoms. The monoisotopic (exact) mass is 558 g/mol. The molecule has 11 atom stereocenters. The Labute approximate surface area is 230 Å². The molecule has 0 aromatic carbocycles. The van der Waals surface area contributed by atoms with Crippen molar-refractivity contribution >= 4 is 23.7 Å². The Bertz CT molecular complexity index is 1350.